The highest BCUT2D eigenvalue weighted by Gasteiger charge is 2.29. The van der Waals surface area contributed by atoms with Crippen LogP contribution < -0.4 is 10.5 Å². The van der Waals surface area contributed by atoms with Crippen molar-refractivity contribution in [2.75, 3.05) is 12.4 Å². The molecule has 1 unspecified atom stereocenters. The molecular formula is C21H23N6O2P. The second-order valence-electron chi connectivity index (χ2n) is 7.96. The average Bonchev–Trinajstić information content (AvgIpc) is 2.98. The molecule has 2 N–H and O–H groups in total. The number of nitrogen functional groups attached to an aromatic ring is 1. The minimum atomic E-state index is -2.68. The van der Waals surface area contributed by atoms with Crippen LogP contribution in [-0.2, 0) is 23.9 Å². The summed E-state index contributed by atoms with van der Waals surface area (Å²) < 4.78 is 21.3. The quantitative estimate of drug-likeness (QED) is 0.547. The Balaban J connectivity index is 1.98. The number of fused-ring (bicyclic) bond motifs is 5. The van der Waals surface area contributed by atoms with Crippen molar-refractivity contribution in [1.82, 2.24) is 20.0 Å². The lowest BCUT2D eigenvalue weighted by Gasteiger charge is -2.22. The summed E-state index contributed by atoms with van der Waals surface area (Å²) >= 11 is 0. The zero-order chi connectivity index (χ0) is 21.6. The van der Waals surface area contributed by atoms with Gasteiger partial charge in [-0.3, -0.25) is 4.68 Å². The SMILES string of the molecule is Cc1ccc2c(c1)[C@@H](C)Oc1cc(nnc1N)-c1c(nn(C)c1C#N)CP(C)(=O)C2. The number of rotatable bonds is 0. The van der Waals surface area contributed by atoms with Crippen molar-refractivity contribution >= 4 is 13.0 Å². The van der Waals surface area contributed by atoms with Crippen molar-refractivity contribution in [3.63, 3.8) is 0 Å². The third kappa shape index (κ3) is 3.57. The summed E-state index contributed by atoms with van der Waals surface area (Å²) in [7, 11) is -0.998. The minimum Gasteiger partial charge on any atom is -0.482 e. The number of hydrogen-bond acceptors (Lipinski definition) is 7. The number of nitrogens with zero attached hydrogens (tertiary/aromatic N) is 5. The summed E-state index contributed by atoms with van der Waals surface area (Å²) in [6.07, 6.45) is 0.327. The number of aryl methyl sites for hydroxylation is 2. The largest absolute Gasteiger partial charge is 0.482 e. The molecule has 9 heteroatoms. The van der Waals surface area contributed by atoms with Crippen molar-refractivity contribution in [2.24, 2.45) is 7.05 Å². The maximum Gasteiger partial charge on any atom is 0.188 e. The van der Waals surface area contributed by atoms with Crippen molar-refractivity contribution in [1.29, 1.82) is 5.26 Å². The topological polar surface area (TPSA) is 120 Å². The van der Waals surface area contributed by atoms with Crippen LogP contribution in [0.15, 0.2) is 24.3 Å². The Morgan fingerprint density at radius 1 is 1.30 bits per heavy atom. The molecule has 2 bridgehead atoms. The molecule has 154 valence electrons. The Morgan fingerprint density at radius 2 is 2.07 bits per heavy atom. The third-order valence-electron chi connectivity index (χ3n) is 5.30. The fourth-order valence-corrected chi connectivity index (χ4v) is 5.89. The van der Waals surface area contributed by atoms with Crippen LogP contribution in [0.3, 0.4) is 0 Å². The minimum absolute atomic E-state index is 0.168. The Hall–Kier alpha value is -3.17. The van der Waals surface area contributed by atoms with Crippen molar-refractivity contribution < 1.29 is 9.30 Å². The first-order valence-corrected chi connectivity index (χ1v) is 12.1. The molecule has 0 saturated carbocycles. The number of benzene rings is 1. The van der Waals surface area contributed by atoms with Gasteiger partial charge in [0.05, 0.1) is 18.4 Å². The molecule has 0 amide bonds. The zero-order valence-electron chi connectivity index (χ0n) is 17.4. The molecule has 8 nitrogen and oxygen atoms in total. The van der Waals surface area contributed by atoms with Gasteiger partial charge in [0.25, 0.3) is 0 Å². The lowest BCUT2D eigenvalue weighted by Crippen LogP contribution is -2.11. The van der Waals surface area contributed by atoms with E-state index in [1.54, 1.807) is 19.8 Å². The van der Waals surface area contributed by atoms with Gasteiger partial charge in [-0.2, -0.15) is 10.4 Å². The Bertz CT molecular complexity index is 1240. The summed E-state index contributed by atoms with van der Waals surface area (Å²) in [5.74, 6) is 0.556. The van der Waals surface area contributed by atoms with Crippen LogP contribution in [-0.4, -0.2) is 26.6 Å². The van der Waals surface area contributed by atoms with Gasteiger partial charge in [-0.15, -0.1) is 10.2 Å². The summed E-state index contributed by atoms with van der Waals surface area (Å²) in [4.78, 5) is 0. The van der Waals surface area contributed by atoms with Crippen molar-refractivity contribution in [2.45, 2.75) is 32.3 Å². The van der Waals surface area contributed by atoms with Gasteiger partial charge in [-0.25, -0.2) is 0 Å². The Kier molecular flexibility index (Phi) is 4.87. The smallest absolute Gasteiger partial charge is 0.188 e. The van der Waals surface area contributed by atoms with Gasteiger partial charge in [0.1, 0.15) is 23.6 Å². The maximum absolute atomic E-state index is 13.6. The Labute approximate surface area is 175 Å². The number of anilines is 1. The van der Waals surface area contributed by atoms with E-state index in [1.807, 2.05) is 26.0 Å². The average molecular weight is 422 g/mol. The second-order valence-corrected chi connectivity index (χ2v) is 11.2. The highest BCUT2D eigenvalue weighted by atomic mass is 31.2. The first kappa shape index (κ1) is 20.1. The van der Waals surface area contributed by atoms with Crippen molar-refractivity contribution in [3.8, 4) is 23.1 Å². The first-order chi connectivity index (χ1) is 14.2. The van der Waals surface area contributed by atoms with E-state index in [4.69, 9.17) is 10.5 Å². The maximum atomic E-state index is 13.6. The molecule has 1 aromatic carbocycles. The number of nitrogens with two attached hydrogens (primary N) is 1. The number of nitriles is 1. The van der Waals surface area contributed by atoms with Crippen LogP contribution in [0.4, 0.5) is 5.82 Å². The zero-order valence-corrected chi connectivity index (χ0v) is 18.3. The van der Waals surface area contributed by atoms with Crippen molar-refractivity contribution in [3.05, 3.63) is 52.3 Å². The van der Waals surface area contributed by atoms with Gasteiger partial charge in [0.15, 0.2) is 11.6 Å². The summed E-state index contributed by atoms with van der Waals surface area (Å²) in [6, 6.07) is 9.92. The molecule has 30 heavy (non-hydrogen) atoms. The lowest BCUT2D eigenvalue weighted by atomic mass is 10.0. The molecule has 0 spiro atoms. The van der Waals surface area contributed by atoms with E-state index in [-0.39, 0.29) is 18.1 Å². The standard InChI is InChI=1S/C21H23N6O2P/c1-12-5-6-14-10-30(4,28)11-17-20(18(9-22)27(3)26-17)16-8-19(21(23)25-24-16)29-13(2)15(14)7-12/h5-8,13H,10-11H2,1-4H3,(H2,23,25)/t13-,30?/m1/s1. The highest BCUT2D eigenvalue weighted by molar-refractivity contribution is 7.61. The van der Waals surface area contributed by atoms with Crippen LogP contribution >= 0.6 is 7.14 Å². The molecule has 1 aliphatic heterocycles. The van der Waals surface area contributed by atoms with Crippen LogP contribution in [0.1, 0.15) is 41.1 Å². The van der Waals surface area contributed by atoms with E-state index < -0.39 is 7.14 Å². The summed E-state index contributed by atoms with van der Waals surface area (Å²) in [6.45, 7) is 5.72. The van der Waals surface area contributed by atoms with Crippen LogP contribution in [0.2, 0.25) is 0 Å². The third-order valence-corrected chi connectivity index (χ3v) is 7.28. The van der Waals surface area contributed by atoms with Gasteiger partial charge < -0.3 is 15.0 Å². The molecule has 0 aliphatic carbocycles. The molecule has 0 radical (unpaired) electrons. The lowest BCUT2D eigenvalue weighted by molar-refractivity contribution is 0.226. The van der Waals surface area contributed by atoms with Gasteiger partial charge in [-0.1, -0.05) is 23.8 Å². The molecule has 0 saturated heterocycles. The number of aromatic nitrogens is 4. The summed E-state index contributed by atoms with van der Waals surface area (Å²) in [5, 5.41) is 22.4. The molecule has 3 heterocycles. The van der Waals surface area contributed by atoms with E-state index in [0.717, 1.165) is 16.7 Å². The molecule has 3 aromatic rings. The van der Waals surface area contributed by atoms with Gasteiger partial charge in [0, 0.05) is 25.4 Å². The van der Waals surface area contributed by atoms with Gasteiger partial charge in [0.2, 0.25) is 0 Å². The van der Waals surface area contributed by atoms with E-state index >= 15 is 0 Å². The molecule has 1 aliphatic rings. The second kappa shape index (κ2) is 7.26. The predicted molar refractivity (Wildman–Crippen MR) is 115 cm³/mol. The van der Waals surface area contributed by atoms with Crippen LogP contribution in [0.25, 0.3) is 11.3 Å². The van der Waals surface area contributed by atoms with Gasteiger partial charge >= 0.3 is 0 Å². The monoisotopic (exact) mass is 422 g/mol. The summed E-state index contributed by atoms with van der Waals surface area (Å²) in [5.41, 5.74) is 10.9. The van der Waals surface area contributed by atoms with Crippen LogP contribution in [0.5, 0.6) is 5.75 Å². The molecule has 2 atom stereocenters. The predicted octanol–water partition coefficient (Wildman–Crippen LogP) is 3.79. The number of ether oxygens (including phenoxy) is 1. The Morgan fingerprint density at radius 3 is 2.80 bits per heavy atom. The molecular weight excluding hydrogens is 399 g/mol. The molecule has 2 aromatic heterocycles. The first-order valence-electron chi connectivity index (χ1n) is 9.59. The fourth-order valence-electron chi connectivity index (χ4n) is 3.91. The van der Waals surface area contributed by atoms with E-state index in [9.17, 15) is 9.83 Å². The molecule has 4 rings (SSSR count). The normalized spacial score (nSPS) is 20.7. The van der Waals surface area contributed by atoms with E-state index in [1.165, 1.54) is 4.68 Å². The van der Waals surface area contributed by atoms with Gasteiger partial charge in [-0.05, 0) is 31.6 Å². The fraction of sp³-hybridized carbons (Fsp3) is 0.333. The molecule has 0 fully saturated rings. The van der Waals surface area contributed by atoms with Crippen LogP contribution in [0, 0.1) is 18.3 Å². The van der Waals surface area contributed by atoms with E-state index in [2.05, 4.69) is 27.4 Å². The van der Waals surface area contributed by atoms with E-state index in [0.29, 0.717) is 34.6 Å². The highest BCUT2D eigenvalue weighted by Crippen LogP contribution is 2.51. The number of hydrogen-bond donors (Lipinski definition) is 1.